The lowest BCUT2D eigenvalue weighted by molar-refractivity contribution is -0.128. The predicted octanol–water partition coefficient (Wildman–Crippen LogP) is 2.53. The van der Waals surface area contributed by atoms with Crippen molar-refractivity contribution in [2.24, 2.45) is 0 Å². The zero-order valence-electron chi connectivity index (χ0n) is 13.9. The van der Waals surface area contributed by atoms with Crippen molar-refractivity contribution in [2.45, 2.75) is 39.7 Å². The van der Waals surface area contributed by atoms with Crippen LogP contribution in [0.5, 0.6) is 0 Å². The number of nitrogens with zero attached hydrogens (tertiary/aromatic N) is 1. The van der Waals surface area contributed by atoms with Crippen LogP contribution in [0.1, 0.15) is 41.4 Å². The van der Waals surface area contributed by atoms with Gasteiger partial charge in [-0.15, -0.1) is 0 Å². The third kappa shape index (κ3) is 2.83. The SMILES string of the molecule is CCCC1C(=O)NCCN1C(=O)c1cc2c(C)cc(C)cc2[nH]1. The number of aromatic nitrogens is 1. The number of benzene rings is 1. The van der Waals surface area contributed by atoms with Crippen LogP contribution in [0.2, 0.25) is 0 Å². The van der Waals surface area contributed by atoms with Crippen molar-refractivity contribution in [1.29, 1.82) is 0 Å². The second-order valence-electron chi connectivity index (χ2n) is 6.32. The van der Waals surface area contributed by atoms with Gasteiger partial charge in [-0.2, -0.15) is 0 Å². The van der Waals surface area contributed by atoms with Gasteiger partial charge in [0, 0.05) is 24.0 Å². The van der Waals surface area contributed by atoms with Crippen molar-refractivity contribution < 1.29 is 9.59 Å². The first-order valence-corrected chi connectivity index (χ1v) is 8.20. The van der Waals surface area contributed by atoms with Gasteiger partial charge in [-0.3, -0.25) is 9.59 Å². The molecule has 1 aromatic carbocycles. The van der Waals surface area contributed by atoms with Gasteiger partial charge in [-0.1, -0.05) is 19.4 Å². The molecule has 2 heterocycles. The highest BCUT2D eigenvalue weighted by Crippen LogP contribution is 2.23. The maximum absolute atomic E-state index is 12.9. The van der Waals surface area contributed by atoms with Gasteiger partial charge in [0.05, 0.1) is 0 Å². The summed E-state index contributed by atoms with van der Waals surface area (Å²) in [6, 6.07) is 5.70. The van der Waals surface area contributed by atoms with Crippen LogP contribution in [-0.4, -0.2) is 40.8 Å². The Morgan fingerprint density at radius 2 is 2.09 bits per heavy atom. The average Bonchev–Trinajstić information content (AvgIpc) is 2.93. The number of carbonyl (C=O) groups excluding carboxylic acids is 2. The molecule has 5 heteroatoms. The fraction of sp³-hybridized carbons (Fsp3) is 0.444. The summed E-state index contributed by atoms with van der Waals surface area (Å²) in [4.78, 5) is 29.9. The number of rotatable bonds is 3. The Bertz CT molecular complexity index is 763. The number of fused-ring (bicyclic) bond motifs is 1. The Morgan fingerprint density at radius 1 is 1.30 bits per heavy atom. The molecular formula is C18H23N3O2. The Labute approximate surface area is 136 Å². The molecule has 1 unspecified atom stereocenters. The van der Waals surface area contributed by atoms with Crippen molar-refractivity contribution in [3.63, 3.8) is 0 Å². The lowest BCUT2D eigenvalue weighted by Crippen LogP contribution is -2.57. The summed E-state index contributed by atoms with van der Waals surface area (Å²) in [7, 11) is 0. The number of amides is 2. The molecule has 1 aromatic heterocycles. The van der Waals surface area contributed by atoms with E-state index >= 15 is 0 Å². The van der Waals surface area contributed by atoms with Gasteiger partial charge in [0.2, 0.25) is 5.91 Å². The highest BCUT2D eigenvalue weighted by atomic mass is 16.2. The zero-order chi connectivity index (χ0) is 16.6. The lowest BCUT2D eigenvalue weighted by atomic mass is 10.1. The number of hydrogen-bond donors (Lipinski definition) is 2. The quantitative estimate of drug-likeness (QED) is 0.914. The van der Waals surface area contributed by atoms with E-state index in [1.165, 1.54) is 0 Å². The van der Waals surface area contributed by atoms with Gasteiger partial charge in [0.25, 0.3) is 5.91 Å². The van der Waals surface area contributed by atoms with Crippen molar-refractivity contribution in [2.75, 3.05) is 13.1 Å². The molecule has 23 heavy (non-hydrogen) atoms. The van der Waals surface area contributed by atoms with Gasteiger partial charge < -0.3 is 15.2 Å². The first-order chi connectivity index (χ1) is 11.0. The summed E-state index contributed by atoms with van der Waals surface area (Å²) >= 11 is 0. The fourth-order valence-corrected chi connectivity index (χ4v) is 3.39. The van der Waals surface area contributed by atoms with E-state index in [-0.39, 0.29) is 17.9 Å². The summed E-state index contributed by atoms with van der Waals surface area (Å²) in [6.45, 7) is 7.19. The van der Waals surface area contributed by atoms with Gasteiger partial charge in [0.15, 0.2) is 0 Å². The lowest BCUT2D eigenvalue weighted by Gasteiger charge is -2.34. The van der Waals surface area contributed by atoms with Crippen LogP contribution >= 0.6 is 0 Å². The molecule has 1 saturated heterocycles. The van der Waals surface area contributed by atoms with Crippen LogP contribution in [0.25, 0.3) is 10.9 Å². The summed E-state index contributed by atoms with van der Waals surface area (Å²) in [6.07, 6.45) is 1.56. The molecule has 0 aliphatic carbocycles. The molecular weight excluding hydrogens is 290 g/mol. The number of carbonyl (C=O) groups is 2. The molecule has 1 atom stereocenters. The monoisotopic (exact) mass is 313 g/mol. The minimum atomic E-state index is -0.365. The largest absolute Gasteiger partial charge is 0.353 e. The number of hydrogen-bond acceptors (Lipinski definition) is 2. The first kappa shape index (κ1) is 15.6. The molecule has 1 aliphatic heterocycles. The first-order valence-electron chi connectivity index (χ1n) is 8.20. The Balaban J connectivity index is 1.95. The summed E-state index contributed by atoms with van der Waals surface area (Å²) in [5.41, 5.74) is 3.85. The highest BCUT2D eigenvalue weighted by molar-refractivity contribution is 6.01. The smallest absolute Gasteiger partial charge is 0.271 e. The minimum Gasteiger partial charge on any atom is -0.353 e. The van der Waals surface area contributed by atoms with Crippen LogP contribution in [0.15, 0.2) is 18.2 Å². The van der Waals surface area contributed by atoms with Crippen LogP contribution in [0, 0.1) is 13.8 Å². The average molecular weight is 313 g/mol. The van der Waals surface area contributed by atoms with Gasteiger partial charge in [-0.25, -0.2) is 0 Å². The molecule has 3 rings (SSSR count). The molecule has 0 radical (unpaired) electrons. The van der Waals surface area contributed by atoms with E-state index in [2.05, 4.69) is 16.4 Å². The van der Waals surface area contributed by atoms with E-state index in [0.29, 0.717) is 25.2 Å². The van der Waals surface area contributed by atoms with Gasteiger partial charge in [0.1, 0.15) is 11.7 Å². The van der Waals surface area contributed by atoms with Crippen LogP contribution in [0.3, 0.4) is 0 Å². The van der Waals surface area contributed by atoms with Crippen LogP contribution < -0.4 is 5.32 Å². The van der Waals surface area contributed by atoms with E-state index in [0.717, 1.165) is 28.5 Å². The highest BCUT2D eigenvalue weighted by Gasteiger charge is 2.33. The standard InChI is InChI=1S/C18H23N3O2/c1-4-5-16-17(22)19-6-7-21(16)18(23)15-10-13-12(3)8-11(2)9-14(13)20-15/h8-10,16,20H,4-7H2,1-3H3,(H,19,22). The van der Waals surface area contributed by atoms with E-state index in [9.17, 15) is 9.59 Å². The Hall–Kier alpha value is -2.30. The number of piperazine rings is 1. The third-order valence-corrected chi connectivity index (χ3v) is 4.47. The number of H-pyrrole nitrogens is 1. The summed E-state index contributed by atoms with van der Waals surface area (Å²) in [5.74, 6) is -0.138. The van der Waals surface area contributed by atoms with Crippen molar-refractivity contribution in [3.05, 3.63) is 35.0 Å². The molecule has 0 spiro atoms. The fourth-order valence-electron chi connectivity index (χ4n) is 3.39. The molecule has 1 aliphatic rings. The predicted molar refractivity (Wildman–Crippen MR) is 90.5 cm³/mol. The van der Waals surface area contributed by atoms with E-state index in [1.807, 2.05) is 32.9 Å². The van der Waals surface area contributed by atoms with Crippen molar-refractivity contribution >= 4 is 22.7 Å². The summed E-state index contributed by atoms with van der Waals surface area (Å²) < 4.78 is 0. The van der Waals surface area contributed by atoms with Crippen molar-refractivity contribution in [1.82, 2.24) is 15.2 Å². The Kier molecular flexibility index (Phi) is 4.11. The molecule has 0 saturated carbocycles. The molecule has 2 amide bonds. The zero-order valence-corrected chi connectivity index (χ0v) is 13.9. The van der Waals surface area contributed by atoms with Crippen LogP contribution in [-0.2, 0) is 4.79 Å². The molecule has 2 N–H and O–H groups in total. The second-order valence-corrected chi connectivity index (χ2v) is 6.32. The second kappa shape index (κ2) is 6.07. The maximum atomic E-state index is 12.9. The number of aromatic amines is 1. The number of nitrogens with one attached hydrogen (secondary N) is 2. The van der Waals surface area contributed by atoms with Gasteiger partial charge >= 0.3 is 0 Å². The third-order valence-electron chi connectivity index (χ3n) is 4.47. The van der Waals surface area contributed by atoms with Crippen molar-refractivity contribution in [3.8, 4) is 0 Å². The topological polar surface area (TPSA) is 65.2 Å². The van der Waals surface area contributed by atoms with Gasteiger partial charge in [-0.05, 0) is 43.5 Å². The number of aryl methyl sites for hydroxylation is 2. The Morgan fingerprint density at radius 3 is 2.83 bits per heavy atom. The molecule has 1 fully saturated rings. The maximum Gasteiger partial charge on any atom is 0.271 e. The molecule has 122 valence electrons. The summed E-state index contributed by atoms with van der Waals surface area (Å²) in [5, 5.41) is 3.92. The van der Waals surface area contributed by atoms with E-state index < -0.39 is 0 Å². The molecule has 0 bridgehead atoms. The van der Waals surface area contributed by atoms with E-state index in [1.54, 1.807) is 4.90 Å². The van der Waals surface area contributed by atoms with Crippen LogP contribution in [0.4, 0.5) is 0 Å². The molecule has 5 nitrogen and oxygen atoms in total. The minimum absolute atomic E-state index is 0.0467. The van der Waals surface area contributed by atoms with E-state index in [4.69, 9.17) is 0 Å². The normalized spacial score (nSPS) is 18.3. The molecule has 2 aromatic rings.